The standard InChI is InChI=1S/C22H29N3O3/c1-16-5-7-19(13-17(16)2)23-22(26)25-11-9-24(10-12-25)15-18-6-8-20(27-3)21(14-18)28-4/h5-8,13-14H,9-12,15H2,1-4H3,(H,23,26). The van der Waals surface area contributed by atoms with Crippen LogP contribution in [-0.2, 0) is 6.54 Å². The molecular formula is C22H29N3O3. The third-order valence-electron chi connectivity index (χ3n) is 5.27. The fraction of sp³-hybridized carbons (Fsp3) is 0.409. The molecule has 2 aromatic carbocycles. The number of carbonyl (C=O) groups is 1. The number of rotatable bonds is 5. The van der Waals surface area contributed by atoms with Gasteiger partial charge in [0.15, 0.2) is 11.5 Å². The SMILES string of the molecule is COc1ccc(CN2CCN(C(=O)Nc3ccc(C)c(C)c3)CC2)cc1OC. The van der Waals surface area contributed by atoms with E-state index in [1.165, 1.54) is 16.7 Å². The van der Waals surface area contributed by atoms with Crippen LogP contribution < -0.4 is 14.8 Å². The van der Waals surface area contributed by atoms with Gasteiger partial charge in [0.25, 0.3) is 0 Å². The molecule has 2 amide bonds. The highest BCUT2D eigenvalue weighted by Crippen LogP contribution is 2.28. The fourth-order valence-corrected chi connectivity index (χ4v) is 3.37. The van der Waals surface area contributed by atoms with Crippen molar-refractivity contribution in [1.29, 1.82) is 0 Å². The van der Waals surface area contributed by atoms with Crippen LogP contribution in [0.25, 0.3) is 0 Å². The van der Waals surface area contributed by atoms with Crippen molar-refractivity contribution in [2.24, 2.45) is 0 Å². The van der Waals surface area contributed by atoms with Crippen molar-refractivity contribution < 1.29 is 14.3 Å². The van der Waals surface area contributed by atoms with Crippen LogP contribution in [0.2, 0.25) is 0 Å². The van der Waals surface area contributed by atoms with Gasteiger partial charge in [-0.1, -0.05) is 12.1 Å². The second-order valence-corrected chi connectivity index (χ2v) is 7.18. The Morgan fingerprint density at radius 3 is 2.29 bits per heavy atom. The molecule has 0 saturated carbocycles. The maximum Gasteiger partial charge on any atom is 0.321 e. The summed E-state index contributed by atoms with van der Waals surface area (Å²) in [5.41, 5.74) is 4.42. The first kappa shape index (κ1) is 20.0. The molecule has 1 heterocycles. The van der Waals surface area contributed by atoms with E-state index in [1.807, 2.05) is 35.2 Å². The molecule has 0 atom stereocenters. The Balaban J connectivity index is 1.52. The van der Waals surface area contributed by atoms with Crippen LogP contribution in [-0.4, -0.2) is 56.2 Å². The van der Waals surface area contributed by atoms with Gasteiger partial charge in [-0.2, -0.15) is 0 Å². The second-order valence-electron chi connectivity index (χ2n) is 7.18. The summed E-state index contributed by atoms with van der Waals surface area (Å²) >= 11 is 0. The maximum absolute atomic E-state index is 12.5. The van der Waals surface area contributed by atoms with Crippen molar-refractivity contribution in [2.75, 3.05) is 45.7 Å². The lowest BCUT2D eigenvalue weighted by Crippen LogP contribution is -2.49. The largest absolute Gasteiger partial charge is 0.493 e. The van der Waals surface area contributed by atoms with Gasteiger partial charge in [-0.3, -0.25) is 4.90 Å². The minimum Gasteiger partial charge on any atom is -0.493 e. The number of anilines is 1. The van der Waals surface area contributed by atoms with Crippen LogP contribution in [0.15, 0.2) is 36.4 Å². The Morgan fingerprint density at radius 2 is 1.64 bits per heavy atom. The summed E-state index contributed by atoms with van der Waals surface area (Å²) in [6.45, 7) is 8.06. The molecule has 150 valence electrons. The Labute approximate surface area is 167 Å². The molecule has 6 heteroatoms. The van der Waals surface area contributed by atoms with Gasteiger partial charge in [0.1, 0.15) is 0 Å². The van der Waals surface area contributed by atoms with E-state index in [0.717, 1.165) is 36.8 Å². The van der Waals surface area contributed by atoms with Gasteiger partial charge in [-0.05, 0) is 54.8 Å². The highest BCUT2D eigenvalue weighted by Gasteiger charge is 2.21. The molecular weight excluding hydrogens is 354 g/mol. The average molecular weight is 383 g/mol. The predicted molar refractivity (Wildman–Crippen MR) is 111 cm³/mol. The van der Waals surface area contributed by atoms with Crippen molar-refractivity contribution in [2.45, 2.75) is 20.4 Å². The molecule has 1 aliphatic heterocycles. The van der Waals surface area contributed by atoms with Crippen LogP contribution in [0.1, 0.15) is 16.7 Å². The van der Waals surface area contributed by atoms with E-state index in [2.05, 4.69) is 30.1 Å². The van der Waals surface area contributed by atoms with Crippen molar-refractivity contribution in [3.8, 4) is 11.5 Å². The van der Waals surface area contributed by atoms with Crippen LogP contribution >= 0.6 is 0 Å². The molecule has 1 N–H and O–H groups in total. The summed E-state index contributed by atoms with van der Waals surface area (Å²) in [4.78, 5) is 16.8. The summed E-state index contributed by atoms with van der Waals surface area (Å²) in [6, 6.07) is 12.0. The second kappa shape index (κ2) is 8.97. The number of methoxy groups -OCH3 is 2. The van der Waals surface area contributed by atoms with Crippen molar-refractivity contribution in [1.82, 2.24) is 9.80 Å². The number of hydrogen-bond acceptors (Lipinski definition) is 4. The smallest absolute Gasteiger partial charge is 0.321 e. The molecule has 0 aliphatic carbocycles. The van der Waals surface area contributed by atoms with E-state index in [9.17, 15) is 4.79 Å². The number of carbonyl (C=O) groups excluding carboxylic acids is 1. The minimum atomic E-state index is -0.0333. The normalized spacial score (nSPS) is 14.6. The molecule has 2 aromatic rings. The van der Waals surface area contributed by atoms with Crippen LogP contribution in [0.4, 0.5) is 10.5 Å². The predicted octanol–water partition coefficient (Wildman–Crippen LogP) is 3.67. The summed E-state index contributed by atoms with van der Waals surface area (Å²) in [7, 11) is 3.29. The molecule has 28 heavy (non-hydrogen) atoms. The highest BCUT2D eigenvalue weighted by molar-refractivity contribution is 5.89. The number of urea groups is 1. The lowest BCUT2D eigenvalue weighted by atomic mass is 10.1. The van der Waals surface area contributed by atoms with Crippen molar-refractivity contribution in [3.05, 3.63) is 53.1 Å². The lowest BCUT2D eigenvalue weighted by Gasteiger charge is -2.34. The van der Waals surface area contributed by atoms with Crippen LogP contribution in [0.5, 0.6) is 11.5 Å². The van der Waals surface area contributed by atoms with Gasteiger partial charge in [0.2, 0.25) is 0 Å². The topological polar surface area (TPSA) is 54.0 Å². The molecule has 6 nitrogen and oxygen atoms in total. The van der Waals surface area contributed by atoms with Gasteiger partial charge >= 0.3 is 6.03 Å². The maximum atomic E-state index is 12.5. The molecule has 3 rings (SSSR count). The van der Waals surface area contributed by atoms with Crippen molar-refractivity contribution >= 4 is 11.7 Å². The third kappa shape index (κ3) is 4.75. The van der Waals surface area contributed by atoms with Gasteiger partial charge < -0.3 is 19.7 Å². The summed E-state index contributed by atoms with van der Waals surface area (Å²) in [5, 5.41) is 3.01. The molecule has 0 aromatic heterocycles. The van der Waals surface area contributed by atoms with E-state index >= 15 is 0 Å². The zero-order valence-corrected chi connectivity index (χ0v) is 17.1. The van der Waals surface area contributed by atoms with Gasteiger partial charge in [-0.25, -0.2) is 4.79 Å². The van der Waals surface area contributed by atoms with Gasteiger partial charge in [0.05, 0.1) is 14.2 Å². The molecule has 1 fully saturated rings. The Morgan fingerprint density at radius 1 is 0.929 bits per heavy atom. The summed E-state index contributed by atoms with van der Waals surface area (Å²) < 4.78 is 10.7. The number of hydrogen-bond donors (Lipinski definition) is 1. The number of aryl methyl sites for hydroxylation is 2. The molecule has 1 aliphatic rings. The van der Waals surface area contributed by atoms with E-state index in [0.29, 0.717) is 13.1 Å². The Hall–Kier alpha value is -2.73. The Kier molecular flexibility index (Phi) is 6.41. The number of nitrogens with zero attached hydrogens (tertiary/aromatic N) is 2. The van der Waals surface area contributed by atoms with E-state index in [1.54, 1.807) is 14.2 Å². The van der Waals surface area contributed by atoms with E-state index in [-0.39, 0.29) is 6.03 Å². The van der Waals surface area contributed by atoms with Gasteiger partial charge in [-0.15, -0.1) is 0 Å². The monoisotopic (exact) mass is 383 g/mol. The first-order valence-corrected chi connectivity index (χ1v) is 9.56. The van der Waals surface area contributed by atoms with E-state index in [4.69, 9.17) is 9.47 Å². The number of amides is 2. The molecule has 0 bridgehead atoms. The first-order valence-electron chi connectivity index (χ1n) is 9.56. The molecule has 1 saturated heterocycles. The molecule has 0 spiro atoms. The zero-order valence-electron chi connectivity index (χ0n) is 17.1. The lowest BCUT2D eigenvalue weighted by molar-refractivity contribution is 0.143. The van der Waals surface area contributed by atoms with Crippen molar-refractivity contribution in [3.63, 3.8) is 0 Å². The number of ether oxygens (including phenoxy) is 2. The zero-order chi connectivity index (χ0) is 20.1. The third-order valence-corrected chi connectivity index (χ3v) is 5.27. The summed E-state index contributed by atoms with van der Waals surface area (Å²) in [5.74, 6) is 1.48. The highest BCUT2D eigenvalue weighted by atomic mass is 16.5. The summed E-state index contributed by atoms with van der Waals surface area (Å²) in [6.07, 6.45) is 0. The number of nitrogens with one attached hydrogen (secondary N) is 1. The average Bonchev–Trinajstić information content (AvgIpc) is 2.71. The van der Waals surface area contributed by atoms with Crippen LogP contribution in [0, 0.1) is 13.8 Å². The first-order chi connectivity index (χ1) is 13.5. The number of piperazine rings is 1. The minimum absolute atomic E-state index is 0.0333. The molecule has 0 radical (unpaired) electrons. The quantitative estimate of drug-likeness (QED) is 0.856. The Bertz CT molecular complexity index is 830. The van der Waals surface area contributed by atoms with E-state index < -0.39 is 0 Å². The fourth-order valence-electron chi connectivity index (χ4n) is 3.37. The van der Waals surface area contributed by atoms with Gasteiger partial charge in [0, 0.05) is 38.4 Å². The number of benzene rings is 2. The van der Waals surface area contributed by atoms with Crippen LogP contribution in [0.3, 0.4) is 0 Å². The molecule has 0 unspecified atom stereocenters.